The van der Waals surface area contributed by atoms with Crippen LogP contribution < -0.4 is 10.3 Å². The highest BCUT2D eigenvalue weighted by Crippen LogP contribution is 2.35. The Morgan fingerprint density at radius 3 is 2.53 bits per heavy atom. The zero-order valence-corrected chi connectivity index (χ0v) is 22.5. The predicted molar refractivity (Wildman–Crippen MR) is 145 cm³/mol. The van der Waals surface area contributed by atoms with Gasteiger partial charge in [0.25, 0.3) is 5.56 Å². The Balaban J connectivity index is 0.000000417. The van der Waals surface area contributed by atoms with Crippen LogP contribution >= 0.6 is 11.3 Å². The average Bonchev–Trinajstić information content (AvgIpc) is 3.60. The van der Waals surface area contributed by atoms with Gasteiger partial charge in [0.15, 0.2) is 0 Å². The van der Waals surface area contributed by atoms with E-state index in [1.807, 2.05) is 24.3 Å². The van der Waals surface area contributed by atoms with Crippen LogP contribution in [0.4, 0.5) is 0 Å². The minimum absolute atomic E-state index is 0.0891. The molecule has 4 aromatic rings. The average molecular weight is 541 g/mol. The number of aromatic nitrogens is 2. The number of fused-ring (bicyclic) bond motifs is 1. The number of ether oxygens (including phenoxy) is 2. The number of aliphatic hydroxyl groups is 1. The van der Waals surface area contributed by atoms with Crippen LogP contribution in [0.25, 0.3) is 20.9 Å². The molecule has 0 radical (unpaired) electrons. The molecule has 1 aliphatic heterocycles. The number of carboxylic acids is 1. The lowest BCUT2D eigenvalue weighted by atomic mass is 10.0. The van der Waals surface area contributed by atoms with E-state index in [0.29, 0.717) is 24.1 Å². The maximum atomic E-state index is 13.2. The van der Waals surface area contributed by atoms with E-state index in [2.05, 4.69) is 4.98 Å². The van der Waals surface area contributed by atoms with Crippen molar-refractivity contribution in [2.75, 3.05) is 20.3 Å². The van der Waals surface area contributed by atoms with E-state index in [0.717, 1.165) is 52.5 Å². The number of aryl methyl sites for hydroxylation is 2. The van der Waals surface area contributed by atoms with Crippen LogP contribution in [0.15, 0.2) is 58.2 Å². The third-order valence-corrected chi connectivity index (χ3v) is 7.77. The molecular weight excluding hydrogens is 508 g/mol. The number of thiophene rings is 1. The highest BCUT2D eigenvalue weighted by Gasteiger charge is 2.32. The van der Waals surface area contributed by atoms with Crippen molar-refractivity contribution in [1.29, 1.82) is 0 Å². The molecule has 1 fully saturated rings. The van der Waals surface area contributed by atoms with Gasteiger partial charge in [0.05, 0.1) is 29.7 Å². The summed E-state index contributed by atoms with van der Waals surface area (Å²) < 4.78 is 18.0. The van der Waals surface area contributed by atoms with Gasteiger partial charge in [-0.05, 0) is 62.8 Å². The first kappa shape index (κ1) is 27.6. The Labute approximate surface area is 224 Å². The molecule has 202 valence electrons. The fourth-order valence-corrected chi connectivity index (χ4v) is 5.33. The standard InChI is InChI=1S/C23H22N2O5S.C5H10O2/c1-23(2,22(27)28)25-13-15(9-8-14-6-4-5-7-17(14)29-3)19-16(21(25)26)12-18(31-19)20-24-10-11-30-20;6-5-1-3-7-4-2-5/h4-7,10-13H,8-9H2,1-3H3,(H,27,28);5-6H,1-4H2. The van der Waals surface area contributed by atoms with Crippen LogP contribution in [0.3, 0.4) is 0 Å². The highest BCUT2D eigenvalue weighted by atomic mass is 32.1. The van der Waals surface area contributed by atoms with Gasteiger partial charge < -0.3 is 24.1 Å². The van der Waals surface area contributed by atoms with Crippen LogP contribution in [0.2, 0.25) is 0 Å². The highest BCUT2D eigenvalue weighted by molar-refractivity contribution is 7.22. The first-order valence-corrected chi connectivity index (χ1v) is 13.2. The Kier molecular flexibility index (Phi) is 8.65. The Morgan fingerprint density at radius 1 is 1.21 bits per heavy atom. The van der Waals surface area contributed by atoms with Crippen molar-refractivity contribution in [1.82, 2.24) is 9.55 Å². The minimum atomic E-state index is -1.39. The van der Waals surface area contributed by atoms with Gasteiger partial charge in [-0.25, -0.2) is 9.78 Å². The maximum absolute atomic E-state index is 13.2. The fourth-order valence-electron chi connectivity index (χ4n) is 4.20. The van der Waals surface area contributed by atoms with E-state index in [-0.39, 0.29) is 11.7 Å². The zero-order valence-electron chi connectivity index (χ0n) is 21.7. The van der Waals surface area contributed by atoms with Crippen molar-refractivity contribution in [2.24, 2.45) is 0 Å². The van der Waals surface area contributed by atoms with Crippen molar-refractivity contribution in [2.45, 2.75) is 51.2 Å². The molecule has 5 rings (SSSR count). The first-order chi connectivity index (χ1) is 18.2. The van der Waals surface area contributed by atoms with Crippen molar-refractivity contribution in [3.05, 3.63) is 70.5 Å². The quantitative estimate of drug-likeness (QED) is 0.351. The van der Waals surface area contributed by atoms with Gasteiger partial charge in [-0.15, -0.1) is 11.3 Å². The van der Waals surface area contributed by atoms with Crippen molar-refractivity contribution in [3.63, 3.8) is 0 Å². The minimum Gasteiger partial charge on any atom is -0.496 e. The molecule has 0 aliphatic carbocycles. The zero-order chi connectivity index (χ0) is 27.3. The summed E-state index contributed by atoms with van der Waals surface area (Å²) in [7, 11) is 1.63. The number of para-hydroxylation sites is 1. The second-order valence-corrected chi connectivity index (χ2v) is 10.6. The maximum Gasteiger partial charge on any atom is 0.329 e. The molecule has 10 heteroatoms. The number of benzene rings is 1. The lowest BCUT2D eigenvalue weighted by molar-refractivity contribution is -0.145. The molecule has 1 aromatic carbocycles. The van der Waals surface area contributed by atoms with Crippen LogP contribution in [0.1, 0.15) is 37.8 Å². The number of methoxy groups -OCH3 is 1. The molecule has 0 bridgehead atoms. The van der Waals surface area contributed by atoms with Gasteiger partial charge >= 0.3 is 5.97 Å². The fraction of sp³-hybridized carbons (Fsp3) is 0.393. The second-order valence-electron chi connectivity index (χ2n) is 9.54. The van der Waals surface area contributed by atoms with Gasteiger partial charge in [0.1, 0.15) is 17.6 Å². The molecule has 0 unspecified atom stereocenters. The third kappa shape index (κ3) is 5.98. The van der Waals surface area contributed by atoms with Gasteiger partial charge in [-0.3, -0.25) is 9.36 Å². The molecule has 1 aliphatic rings. The summed E-state index contributed by atoms with van der Waals surface area (Å²) in [5.74, 6) is 0.151. The smallest absolute Gasteiger partial charge is 0.329 e. The van der Waals surface area contributed by atoms with E-state index in [9.17, 15) is 14.7 Å². The van der Waals surface area contributed by atoms with Crippen molar-refractivity contribution >= 4 is 27.4 Å². The predicted octanol–water partition coefficient (Wildman–Crippen LogP) is 4.49. The number of carbonyl (C=O) groups is 1. The number of aliphatic hydroxyl groups excluding tert-OH is 1. The molecular formula is C28H32N2O7S. The van der Waals surface area contributed by atoms with Gasteiger partial charge in [0, 0.05) is 24.1 Å². The summed E-state index contributed by atoms with van der Waals surface area (Å²) in [6.07, 6.45) is 7.54. The van der Waals surface area contributed by atoms with E-state index in [1.54, 1.807) is 25.6 Å². The normalized spacial score (nSPS) is 14.2. The van der Waals surface area contributed by atoms with E-state index in [1.165, 1.54) is 36.0 Å². The van der Waals surface area contributed by atoms with Gasteiger partial charge in [-0.1, -0.05) is 18.2 Å². The summed E-state index contributed by atoms with van der Waals surface area (Å²) in [5, 5.41) is 19.0. The van der Waals surface area contributed by atoms with Crippen molar-refractivity contribution < 1.29 is 28.9 Å². The second kappa shape index (κ2) is 11.9. The van der Waals surface area contributed by atoms with E-state index in [4.69, 9.17) is 19.0 Å². The number of hydrogen-bond donors (Lipinski definition) is 2. The number of nitrogens with zero attached hydrogens (tertiary/aromatic N) is 2. The lowest BCUT2D eigenvalue weighted by Crippen LogP contribution is -2.42. The largest absolute Gasteiger partial charge is 0.496 e. The van der Waals surface area contributed by atoms with Crippen LogP contribution in [-0.2, 0) is 27.9 Å². The molecule has 3 aromatic heterocycles. The molecule has 0 saturated carbocycles. The molecule has 9 nitrogen and oxygen atoms in total. The lowest BCUT2D eigenvalue weighted by Gasteiger charge is -2.23. The monoisotopic (exact) mass is 540 g/mol. The number of aliphatic carboxylic acids is 1. The summed E-state index contributed by atoms with van der Waals surface area (Å²) in [6.45, 7) is 4.52. The van der Waals surface area contributed by atoms with Crippen LogP contribution in [-0.4, -0.2) is 52.2 Å². The van der Waals surface area contributed by atoms with Crippen LogP contribution in [0.5, 0.6) is 5.75 Å². The number of hydrogen-bond acceptors (Lipinski definition) is 8. The summed E-state index contributed by atoms with van der Waals surface area (Å²) in [4.78, 5) is 30.0. The third-order valence-electron chi connectivity index (χ3n) is 6.57. The summed E-state index contributed by atoms with van der Waals surface area (Å²) >= 11 is 1.42. The Morgan fingerprint density at radius 2 is 1.92 bits per heavy atom. The number of carboxylic acid groups (broad SMARTS) is 1. The Hall–Kier alpha value is -3.47. The van der Waals surface area contributed by atoms with E-state index >= 15 is 0 Å². The van der Waals surface area contributed by atoms with Crippen molar-refractivity contribution in [3.8, 4) is 16.5 Å². The number of oxazole rings is 1. The molecule has 1 saturated heterocycles. The molecule has 4 heterocycles. The molecule has 38 heavy (non-hydrogen) atoms. The van der Waals surface area contributed by atoms with E-state index < -0.39 is 11.5 Å². The topological polar surface area (TPSA) is 124 Å². The number of pyridine rings is 1. The van der Waals surface area contributed by atoms with Gasteiger partial charge in [0.2, 0.25) is 5.89 Å². The summed E-state index contributed by atoms with van der Waals surface area (Å²) in [5.41, 5.74) is 0.184. The SMILES string of the molecule is COc1ccccc1CCc1cn(C(C)(C)C(=O)O)c(=O)c2cc(-c3ncco3)sc12.OC1CCOCC1. The van der Waals surface area contributed by atoms with Gasteiger partial charge in [-0.2, -0.15) is 0 Å². The molecule has 2 N–H and O–H groups in total. The molecule has 0 spiro atoms. The molecule has 0 atom stereocenters. The van der Waals surface area contributed by atoms with Crippen LogP contribution in [0, 0.1) is 0 Å². The summed E-state index contributed by atoms with van der Waals surface area (Å²) in [6, 6.07) is 9.51. The first-order valence-electron chi connectivity index (χ1n) is 12.4. The number of rotatable bonds is 7. The Bertz CT molecular complexity index is 1430. The molecule has 0 amide bonds.